The van der Waals surface area contributed by atoms with Crippen LogP contribution in [-0.4, -0.2) is 170 Å². The lowest BCUT2D eigenvalue weighted by Crippen LogP contribution is -2.43. The molecule has 0 saturated heterocycles. The average Bonchev–Trinajstić information content (AvgIpc) is 0.826. The smallest absolute Gasteiger partial charge is 0.407 e. The summed E-state index contributed by atoms with van der Waals surface area (Å²) < 4.78 is 15.6. The number of amides is 4. The Morgan fingerprint density at radius 2 is 0.670 bits per heavy atom. The summed E-state index contributed by atoms with van der Waals surface area (Å²) in [7, 11) is 0. The molecule has 30 heteroatoms. The third kappa shape index (κ3) is 52.8. The molecule has 6 saturated carbocycles. The molecule has 0 atom stereocenters. The number of alkyl halides is 1. The number of carboxylic acids is 5. The molecule has 17 N–H and O–H groups in total. The second-order valence-electron chi connectivity index (χ2n) is 35.4. The average molecular weight is 1710 g/mol. The van der Waals surface area contributed by atoms with Crippen LogP contribution in [0.4, 0.5) is 14.4 Å². The summed E-state index contributed by atoms with van der Waals surface area (Å²) in [4.78, 5) is 123. The third-order valence-electron chi connectivity index (χ3n) is 22.5. The van der Waals surface area contributed by atoms with E-state index in [1.807, 2.05) is 18.2 Å². The summed E-state index contributed by atoms with van der Waals surface area (Å²) in [6, 6.07) is 0. The van der Waals surface area contributed by atoms with E-state index in [9.17, 15) is 63.0 Å². The number of carbonyl (C=O) groups is 11. The summed E-state index contributed by atoms with van der Waals surface area (Å²) in [6.45, 7) is 30.7. The lowest BCUT2D eigenvalue weighted by molar-refractivity contribution is -0.465. The van der Waals surface area contributed by atoms with Crippen molar-refractivity contribution >= 4 is 82.0 Å². The van der Waals surface area contributed by atoms with Crippen molar-refractivity contribution in [3.05, 3.63) is 38.0 Å². The topological polar surface area (TPSA) is 492 Å². The Labute approximate surface area is 695 Å². The van der Waals surface area contributed by atoms with Gasteiger partial charge in [0.2, 0.25) is 5.91 Å². The van der Waals surface area contributed by atoms with Gasteiger partial charge in [0.1, 0.15) is 28.9 Å². The Morgan fingerprint density at radius 3 is 0.904 bits per heavy atom. The van der Waals surface area contributed by atoms with Crippen LogP contribution in [0.2, 0.25) is 0 Å². The lowest BCUT2D eigenvalue weighted by atomic mass is 9.68. The predicted molar refractivity (Wildman–Crippen MR) is 451 cm³/mol. The Hall–Kier alpha value is -6.57. The number of ether oxygens (including phenoxy) is 3. The number of rotatable bonds is 32. The number of carboxylic acid groups (broad SMARTS) is 5. The number of allylic oxidation sites excluding steroid dienone is 3. The molecule has 0 spiro atoms. The minimum absolute atomic E-state index is 0. The van der Waals surface area contributed by atoms with Gasteiger partial charge in [-0.2, -0.15) is 0 Å². The summed E-state index contributed by atoms with van der Waals surface area (Å²) in [5, 5.41) is 72.2. The van der Waals surface area contributed by atoms with Crippen LogP contribution in [0.25, 0.3) is 0 Å². The van der Waals surface area contributed by atoms with Gasteiger partial charge in [-0.3, -0.25) is 33.6 Å². The van der Waals surface area contributed by atoms with Crippen LogP contribution in [0.3, 0.4) is 0 Å². The maximum atomic E-state index is 11.8. The number of alkyl carbamates (subject to hydrolysis) is 3. The molecule has 0 heterocycles. The minimum atomic E-state index is -0.861. The highest BCUT2D eigenvalue weighted by Crippen LogP contribution is 2.47. The molecule has 0 aliphatic heterocycles. The standard InChI is InChI=1S/C17H29NO4.C16H30N2O4.C16H27NO5.C13H23BrN2O3.C12H21NO2.C9H14O.2CH4.H2O3/c1-5-6-13-7-9-17(10-8-13,11-14(19)20)12-18-15(21)22-16(2,3)4;1-15(2,3)22-14(21)18-11-16(10-13(19)20)7-4-12(5-8-16)6-9-17;1-15(2,3)22-14(21)17-11-16(10-13(19)20)7-4-12(5-8-16)6-9-18;14-8-11(17)16-6-3-10-1-4-13(9-15,5-2-10)7-12(18)19;1-2-3-10-4-6-12(9-13,7-5-10)8-11(14)15;1-2-3-8-4-6-9(10)7-5-8;;;1-3-2/h5,13H,1,6-12H2,2-4H3,(H,18,21)(H,19,20);12H,4-11,17H2,1-3H3,(H,18,21)(H,19,20);9,12H,4-8,10-11H2,1-3H3,(H,17,21)(H,19,20);10H,1-9,15H2,(H,16,17)(H,18,19);2,10H,1,3-9,13H2,(H,14,15);2,8H,1,3-7H2;2*1H4;1-2H. The van der Waals surface area contributed by atoms with Crippen molar-refractivity contribution in [2.24, 2.45) is 79.8 Å². The molecule has 0 aromatic rings. The van der Waals surface area contributed by atoms with Crippen LogP contribution >= 0.6 is 15.9 Å². The highest BCUT2D eigenvalue weighted by molar-refractivity contribution is 9.09. The monoisotopic (exact) mass is 1700 g/mol. The second kappa shape index (κ2) is 58.3. The van der Waals surface area contributed by atoms with E-state index in [0.29, 0.717) is 106 Å². The zero-order chi connectivity index (χ0) is 86.1. The molecular weight excluding hydrogens is 1550 g/mol. The van der Waals surface area contributed by atoms with Crippen LogP contribution in [0.5, 0.6) is 0 Å². The molecule has 6 aliphatic rings. The molecule has 29 nitrogen and oxygen atoms in total. The highest BCUT2D eigenvalue weighted by Gasteiger charge is 2.42. The molecule has 0 bridgehead atoms. The largest absolute Gasteiger partial charge is 0.481 e. The SMILES string of the molecule is C.C.C=CCC1CCC(=O)CC1.C=CCC1CCC(CN)(CC(=O)O)CC1.C=CCC1CCC(CNC(=O)OC(C)(C)C)(CC(=O)O)CC1.CC(C)(C)OC(=O)NCC1(CC(=O)O)CCC(CC=O)CC1.CC(C)(C)OC(=O)NCC1(CC(=O)O)CCC(CCN)CC1.NCC1(CC(=O)O)CCC(CCNC(=O)CBr)CC1.OOO. The van der Waals surface area contributed by atoms with Crippen LogP contribution in [0.15, 0.2) is 38.0 Å². The maximum Gasteiger partial charge on any atom is 0.407 e. The van der Waals surface area contributed by atoms with Gasteiger partial charge in [-0.1, -0.05) is 54.0 Å². The van der Waals surface area contributed by atoms with E-state index >= 15 is 0 Å². The summed E-state index contributed by atoms with van der Waals surface area (Å²) in [6.07, 6.45) is 33.3. The van der Waals surface area contributed by atoms with Gasteiger partial charge >= 0.3 is 48.1 Å². The first-order chi connectivity index (χ1) is 52.8. The van der Waals surface area contributed by atoms with Crippen LogP contribution in [0.1, 0.15) is 302 Å². The molecule has 0 aromatic carbocycles. The number of nitrogens with one attached hydrogen (secondary N) is 4. The Kier molecular flexibility index (Phi) is 57.1. The number of ketones is 1. The second-order valence-corrected chi connectivity index (χ2v) is 36.0. The van der Waals surface area contributed by atoms with E-state index in [1.165, 1.54) is 0 Å². The van der Waals surface area contributed by atoms with E-state index in [4.69, 9.17) is 57.2 Å². The molecule has 6 fully saturated rings. The van der Waals surface area contributed by atoms with Crippen LogP contribution < -0.4 is 38.5 Å². The first kappa shape index (κ1) is 113. The van der Waals surface area contributed by atoms with Gasteiger partial charge in [0, 0.05) is 45.4 Å². The fourth-order valence-corrected chi connectivity index (χ4v) is 16.2. The first-order valence-corrected chi connectivity index (χ1v) is 41.6. The molecular formula is C85H154BrN7O22. The van der Waals surface area contributed by atoms with E-state index in [-0.39, 0.29) is 74.5 Å². The van der Waals surface area contributed by atoms with Crippen molar-refractivity contribution in [2.75, 3.05) is 51.1 Å². The fraction of sp³-hybridized carbons (Fsp3) is 0.800. The van der Waals surface area contributed by atoms with E-state index in [2.05, 4.69) is 62.0 Å². The Morgan fingerprint density at radius 1 is 0.426 bits per heavy atom. The minimum Gasteiger partial charge on any atom is -0.481 e. The zero-order valence-electron chi connectivity index (χ0n) is 69.7. The van der Waals surface area contributed by atoms with Gasteiger partial charge in [-0.15, -0.1) is 19.7 Å². The summed E-state index contributed by atoms with van der Waals surface area (Å²) >= 11 is 3.11. The fourth-order valence-electron chi connectivity index (χ4n) is 16.0. The van der Waals surface area contributed by atoms with Gasteiger partial charge in [0.25, 0.3) is 0 Å². The lowest BCUT2D eigenvalue weighted by Gasteiger charge is -2.39. The molecule has 115 heavy (non-hydrogen) atoms. The van der Waals surface area contributed by atoms with Gasteiger partial charge < -0.3 is 83.0 Å². The summed E-state index contributed by atoms with van der Waals surface area (Å²) in [5.74, 6) is -0.00346. The zero-order valence-corrected chi connectivity index (χ0v) is 71.3. The van der Waals surface area contributed by atoms with Gasteiger partial charge in [0.15, 0.2) is 0 Å². The van der Waals surface area contributed by atoms with E-state index in [0.717, 1.165) is 186 Å². The normalized spacial score (nSPS) is 25.1. The van der Waals surface area contributed by atoms with Crippen molar-refractivity contribution < 1.29 is 108 Å². The molecule has 6 rings (SSSR count). The number of halogens is 1. The summed E-state index contributed by atoms with van der Waals surface area (Å²) in [5.41, 5.74) is 13.9. The van der Waals surface area contributed by atoms with Crippen molar-refractivity contribution in [3.8, 4) is 0 Å². The highest BCUT2D eigenvalue weighted by atomic mass is 79.9. The van der Waals surface area contributed by atoms with Gasteiger partial charge in [-0.25, -0.2) is 24.9 Å². The van der Waals surface area contributed by atoms with Crippen molar-refractivity contribution in [1.29, 1.82) is 0 Å². The molecule has 4 amide bonds. The van der Waals surface area contributed by atoms with E-state index < -0.39 is 70.3 Å². The molecule has 6 aliphatic carbocycles. The van der Waals surface area contributed by atoms with Gasteiger partial charge in [-0.05, 0) is 318 Å². The van der Waals surface area contributed by atoms with Gasteiger partial charge in [0.05, 0.1) is 37.4 Å². The Balaban J connectivity index is -0.00000131. The van der Waals surface area contributed by atoms with Crippen molar-refractivity contribution in [3.63, 3.8) is 0 Å². The first-order valence-electron chi connectivity index (χ1n) is 40.5. The number of carbonyl (C=O) groups excluding carboxylic acids is 6. The quantitative estimate of drug-likeness (QED) is 0.00743. The number of nitrogens with two attached hydrogens (primary N) is 3. The maximum absolute atomic E-state index is 11.8. The molecule has 0 aromatic heterocycles. The van der Waals surface area contributed by atoms with Crippen LogP contribution in [-0.2, 0) is 57.6 Å². The van der Waals surface area contributed by atoms with Crippen molar-refractivity contribution in [1.82, 2.24) is 21.3 Å². The van der Waals surface area contributed by atoms with E-state index in [1.54, 1.807) is 62.3 Å². The number of aliphatic carboxylic acids is 5. The number of Topliss-reactive ketones (excluding diaryl/α,β-unsaturated/α-hetero) is 1. The van der Waals surface area contributed by atoms with Crippen molar-refractivity contribution in [2.45, 2.75) is 319 Å². The number of hydrogen-bond acceptors (Lipinski definition) is 20. The number of aldehydes is 1. The Bertz CT molecular complexity index is 2770. The molecule has 0 unspecified atom stereocenters. The predicted octanol–water partition coefficient (Wildman–Crippen LogP) is 16.2. The molecule has 0 radical (unpaired) electrons. The number of hydrogen-bond donors (Lipinski definition) is 14. The van der Waals surface area contributed by atoms with Crippen LogP contribution in [0, 0.1) is 62.6 Å². The third-order valence-corrected chi connectivity index (χ3v) is 23.0. The molecule has 668 valence electrons.